The predicted molar refractivity (Wildman–Crippen MR) is 129 cm³/mol. The average molecular weight is 463 g/mol. The van der Waals surface area contributed by atoms with Crippen LogP contribution in [0.25, 0.3) is 0 Å². The number of rotatable bonds is 4. The van der Waals surface area contributed by atoms with Crippen LogP contribution < -0.4 is 5.69 Å². The first kappa shape index (κ1) is 22.8. The van der Waals surface area contributed by atoms with Crippen LogP contribution in [0.2, 0.25) is 0 Å². The van der Waals surface area contributed by atoms with Gasteiger partial charge in [-0.3, -0.25) is 14.2 Å². The first-order valence-electron chi connectivity index (χ1n) is 12.4. The molecule has 5 atom stereocenters. The Morgan fingerprint density at radius 1 is 1.09 bits per heavy atom. The van der Waals surface area contributed by atoms with Gasteiger partial charge in [-0.1, -0.05) is 37.3 Å². The van der Waals surface area contributed by atoms with Gasteiger partial charge in [0.15, 0.2) is 0 Å². The fraction of sp³-hybridized carbons (Fsp3) is 0.556. The minimum atomic E-state index is -0.386. The van der Waals surface area contributed by atoms with Crippen molar-refractivity contribution in [3.63, 3.8) is 0 Å². The minimum Gasteiger partial charge on any atom is -0.334 e. The van der Waals surface area contributed by atoms with Crippen LogP contribution >= 0.6 is 0 Å². The van der Waals surface area contributed by atoms with Gasteiger partial charge in [-0.2, -0.15) is 4.98 Å². The molecule has 2 aliphatic heterocycles. The number of piperidine rings is 1. The molecule has 7 heteroatoms. The van der Waals surface area contributed by atoms with E-state index in [0.29, 0.717) is 12.1 Å². The number of nitrogens with zero attached hydrogens (tertiary/aromatic N) is 4. The Morgan fingerprint density at radius 2 is 1.76 bits per heavy atom. The van der Waals surface area contributed by atoms with Gasteiger partial charge in [0.05, 0.1) is 12.1 Å². The molecule has 34 heavy (non-hydrogen) atoms. The van der Waals surface area contributed by atoms with E-state index in [2.05, 4.69) is 33.8 Å². The van der Waals surface area contributed by atoms with Gasteiger partial charge in [-0.05, 0) is 57.6 Å². The van der Waals surface area contributed by atoms with Gasteiger partial charge in [-0.15, -0.1) is 0 Å². The number of benzene rings is 1. The van der Waals surface area contributed by atoms with E-state index in [9.17, 15) is 14.4 Å². The highest BCUT2D eigenvalue weighted by molar-refractivity contribution is 5.79. The summed E-state index contributed by atoms with van der Waals surface area (Å²) in [5.41, 5.74) is 2.04. The summed E-state index contributed by atoms with van der Waals surface area (Å²) in [6, 6.07) is 12.1. The molecule has 7 nitrogen and oxygen atoms in total. The summed E-state index contributed by atoms with van der Waals surface area (Å²) in [7, 11) is 0. The molecule has 2 aromatic rings. The summed E-state index contributed by atoms with van der Waals surface area (Å²) in [5.74, 6) is 0.0466. The van der Waals surface area contributed by atoms with E-state index in [1.54, 1.807) is 13.8 Å². The third-order valence-electron chi connectivity index (χ3n) is 8.54. The summed E-state index contributed by atoms with van der Waals surface area (Å²) < 4.78 is 1.48. The van der Waals surface area contributed by atoms with Gasteiger partial charge in [-0.25, -0.2) is 4.79 Å². The molecular formula is C27H34N4O3. The van der Waals surface area contributed by atoms with Gasteiger partial charge in [0, 0.05) is 35.8 Å². The van der Waals surface area contributed by atoms with Crippen molar-refractivity contribution in [2.75, 3.05) is 0 Å². The van der Waals surface area contributed by atoms with Crippen molar-refractivity contribution in [2.45, 2.75) is 90.5 Å². The maximum atomic E-state index is 14.0. The highest BCUT2D eigenvalue weighted by Crippen LogP contribution is 2.56. The van der Waals surface area contributed by atoms with Crippen molar-refractivity contribution < 1.29 is 9.59 Å². The van der Waals surface area contributed by atoms with E-state index in [-0.39, 0.29) is 53.6 Å². The molecule has 0 spiro atoms. The van der Waals surface area contributed by atoms with E-state index in [1.807, 2.05) is 31.2 Å². The van der Waals surface area contributed by atoms with E-state index >= 15 is 0 Å². The zero-order valence-electron chi connectivity index (χ0n) is 20.5. The number of hydrogen-bond donors (Lipinski definition) is 0. The molecule has 3 aliphatic rings. The number of likely N-dealkylation sites (tertiary alicyclic amines) is 2. The van der Waals surface area contributed by atoms with Gasteiger partial charge < -0.3 is 9.80 Å². The van der Waals surface area contributed by atoms with Gasteiger partial charge in [0.1, 0.15) is 6.54 Å². The molecular weight excluding hydrogens is 428 g/mol. The van der Waals surface area contributed by atoms with E-state index in [0.717, 1.165) is 36.9 Å². The monoisotopic (exact) mass is 462 g/mol. The van der Waals surface area contributed by atoms with Gasteiger partial charge >= 0.3 is 5.69 Å². The van der Waals surface area contributed by atoms with Crippen molar-refractivity contribution in [1.82, 2.24) is 19.4 Å². The Balaban J connectivity index is 1.57. The zero-order chi connectivity index (χ0) is 24.2. The predicted octanol–water partition coefficient (Wildman–Crippen LogP) is 2.86. The number of hydrogen-bond acceptors (Lipinski definition) is 4. The third kappa shape index (κ3) is 3.56. The summed E-state index contributed by atoms with van der Waals surface area (Å²) >= 11 is 0. The van der Waals surface area contributed by atoms with Crippen molar-refractivity contribution in [3.8, 4) is 0 Å². The Hall–Kier alpha value is -2.96. The summed E-state index contributed by atoms with van der Waals surface area (Å²) in [6.45, 7) is 7.55. The fourth-order valence-electron chi connectivity index (χ4n) is 7.18. The molecule has 2 saturated heterocycles. The van der Waals surface area contributed by atoms with E-state index in [1.165, 1.54) is 4.57 Å². The first-order valence-corrected chi connectivity index (χ1v) is 12.4. The van der Waals surface area contributed by atoms with Crippen LogP contribution in [-0.2, 0) is 22.6 Å². The molecule has 1 aliphatic carbocycles. The van der Waals surface area contributed by atoms with Crippen molar-refractivity contribution in [3.05, 3.63) is 63.8 Å². The SMILES string of the molecule is CC(=O)N1[C@H]2CCC[C@H]3N(C(=O)Cn4c(C)cc(C)nc4=O)[C@@H](Cc4ccccc4)[C@@H]1C[C@@]23C. The molecule has 3 heterocycles. The topological polar surface area (TPSA) is 75.5 Å². The average Bonchev–Trinajstić information content (AvgIpc) is 3.09. The van der Waals surface area contributed by atoms with Crippen molar-refractivity contribution >= 4 is 11.8 Å². The molecule has 180 valence electrons. The summed E-state index contributed by atoms with van der Waals surface area (Å²) in [5, 5.41) is 0. The smallest absolute Gasteiger partial charge is 0.334 e. The van der Waals surface area contributed by atoms with E-state index in [4.69, 9.17) is 0 Å². The zero-order valence-corrected chi connectivity index (χ0v) is 20.5. The third-order valence-corrected chi connectivity index (χ3v) is 8.54. The lowest BCUT2D eigenvalue weighted by Crippen LogP contribution is -2.63. The number of aromatic nitrogens is 2. The molecule has 0 unspecified atom stereocenters. The molecule has 5 rings (SSSR count). The Labute approximate surface area is 200 Å². The second-order valence-corrected chi connectivity index (χ2v) is 10.6. The lowest BCUT2D eigenvalue weighted by Gasteiger charge is -2.53. The van der Waals surface area contributed by atoms with Crippen LogP contribution in [0.1, 0.15) is 56.5 Å². The minimum absolute atomic E-state index is 0.0139. The molecule has 0 radical (unpaired) electrons. The Bertz CT molecular complexity index is 1180. The van der Waals surface area contributed by atoms with Crippen LogP contribution in [-0.4, -0.2) is 55.3 Å². The van der Waals surface area contributed by atoms with Crippen LogP contribution in [0.4, 0.5) is 0 Å². The Morgan fingerprint density at radius 3 is 2.41 bits per heavy atom. The van der Waals surface area contributed by atoms with Gasteiger partial charge in [0.2, 0.25) is 11.8 Å². The molecule has 0 N–H and O–H groups in total. The van der Waals surface area contributed by atoms with Crippen molar-refractivity contribution in [2.24, 2.45) is 5.41 Å². The van der Waals surface area contributed by atoms with Gasteiger partial charge in [0.25, 0.3) is 0 Å². The number of amides is 2. The lowest BCUT2D eigenvalue weighted by atomic mass is 9.64. The molecule has 1 aromatic heterocycles. The molecule has 1 aromatic carbocycles. The van der Waals surface area contributed by atoms with Crippen LogP contribution in [0, 0.1) is 19.3 Å². The number of aryl methyl sites for hydroxylation is 2. The van der Waals surface area contributed by atoms with Crippen LogP contribution in [0.5, 0.6) is 0 Å². The summed E-state index contributed by atoms with van der Waals surface area (Å²) in [6.07, 6.45) is 4.54. The summed E-state index contributed by atoms with van der Waals surface area (Å²) in [4.78, 5) is 47.8. The Kier molecular flexibility index (Phi) is 5.61. The normalized spacial score (nSPS) is 29.9. The van der Waals surface area contributed by atoms with E-state index < -0.39 is 0 Å². The molecule has 1 saturated carbocycles. The van der Waals surface area contributed by atoms with Crippen molar-refractivity contribution in [1.29, 1.82) is 0 Å². The standard InChI is InChI=1S/C27H34N4O3/c1-17-13-18(2)29(26(34)28-17)16-25(33)31-21(14-20-9-6-5-7-10-20)22-15-27(4)23(30(22)19(3)32)11-8-12-24(27)31/h5-7,9-10,13,21-24H,8,11-12,14-16H2,1-4H3/t21-,22-,23-,24+,27-/m0/s1. The highest BCUT2D eigenvalue weighted by atomic mass is 16.2. The molecule has 3 fully saturated rings. The number of carbonyl (C=O) groups is 2. The van der Waals surface area contributed by atoms with Crippen LogP contribution in [0.3, 0.4) is 0 Å². The quantitative estimate of drug-likeness (QED) is 0.700. The van der Waals surface area contributed by atoms with Crippen LogP contribution in [0.15, 0.2) is 41.2 Å². The second-order valence-electron chi connectivity index (χ2n) is 10.6. The maximum Gasteiger partial charge on any atom is 0.348 e. The first-order chi connectivity index (χ1) is 16.2. The molecule has 2 amide bonds. The molecule has 2 bridgehead atoms. The number of carbonyl (C=O) groups excluding carboxylic acids is 2. The fourth-order valence-corrected chi connectivity index (χ4v) is 7.18. The highest BCUT2D eigenvalue weighted by Gasteiger charge is 2.64. The number of fused-ring (bicyclic) bond motifs is 1. The second kappa shape index (κ2) is 8.36. The maximum absolute atomic E-state index is 14.0. The lowest BCUT2D eigenvalue weighted by molar-refractivity contribution is -0.146. The largest absolute Gasteiger partial charge is 0.348 e.